The van der Waals surface area contributed by atoms with Gasteiger partial charge in [-0.2, -0.15) is 0 Å². The molecule has 2 rings (SSSR count). The highest BCUT2D eigenvalue weighted by Gasteiger charge is 2.19. The summed E-state index contributed by atoms with van der Waals surface area (Å²) in [6.07, 6.45) is 8.50. The number of aliphatic carboxylic acids is 2. The molecule has 1 atom stereocenters. The molecule has 230 valence electrons. The maximum Gasteiger partial charge on any atom is 0.317 e. The molecule has 1 saturated heterocycles. The van der Waals surface area contributed by atoms with E-state index in [1.165, 1.54) is 0 Å². The summed E-state index contributed by atoms with van der Waals surface area (Å²) in [7, 11) is 1.99. The first-order valence-electron chi connectivity index (χ1n) is 14.5. The number of carboxylic acids is 2. The molecule has 12 heteroatoms. The number of likely N-dealkylation sites (N-methyl/N-ethyl adjacent to an activating group) is 1. The Bertz CT molecular complexity index is 769. The third-order valence-electron chi connectivity index (χ3n) is 7.06. The minimum atomic E-state index is -0.921. The molecule has 2 heterocycles. The van der Waals surface area contributed by atoms with Gasteiger partial charge in [-0.05, 0) is 32.7 Å². The molecule has 0 aliphatic carbocycles. The van der Waals surface area contributed by atoms with Gasteiger partial charge in [-0.15, -0.1) is 0 Å². The number of hydrogen-bond donors (Lipinski definition) is 2. The number of allylic oxidation sites excluding steroid dienone is 1. The molecular weight excluding hydrogens is 520 g/mol. The maximum absolute atomic E-state index is 12.7. The average molecular weight is 571 g/mol. The highest BCUT2D eigenvalue weighted by atomic mass is 16.5. The third kappa shape index (κ3) is 17.0. The zero-order valence-electron chi connectivity index (χ0n) is 24.2. The van der Waals surface area contributed by atoms with E-state index < -0.39 is 11.9 Å². The molecule has 2 aliphatic heterocycles. The van der Waals surface area contributed by atoms with Crippen LogP contribution < -0.4 is 0 Å². The van der Waals surface area contributed by atoms with Crippen molar-refractivity contribution >= 4 is 17.7 Å². The second kappa shape index (κ2) is 20.9. The molecule has 1 fully saturated rings. The van der Waals surface area contributed by atoms with Crippen LogP contribution in [0.1, 0.15) is 32.1 Å². The molecule has 0 aromatic rings. The summed E-state index contributed by atoms with van der Waals surface area (Å²) in [5.41, 5.74) is 0. The summed E-state index contributed by atoms with van der Waals surface area (Å²) < 4.78 is 17.1. The highest BCUT2D eigenvalue weighted by Crippen LogP contribution is 2.09. The Kier molecular flexibility index (Phi) is 17.9. The van der Waals surface area contributed by atoms with Gasteiger partial charge >= 0.3 is 11.9 Å². The van der Waals surface area contributed by atoms with Crippen molar-refractivity contribution in [3.63, 3.8) is 0 Å². The van der Waals surface area contributed by atoms with Crippen LogP contribution in [0.5, 0.6) is 0 Å². The van der Waals surface area contributed by atoms with Crippen molar-refractivity contribution < 1.29 is 38.8 Å². The molecular formula is C28H50N4O8. The number of carbonyl (C=O) groups excluding carboxylic acids is 1. The molecule has 0 bridgehead atoms. The Morgan fingerprint density at radius 3 is 1.95 bits per heavy atom. The van der Waals surface area contributed by atoms with Gasteiger partial charge < -0.3 is 29.3 Å². The molecule has 2 N–H and O–H groups in total. The minimum absolute atomic E-state index is 0.0699. The summed E-state index contributed by atoms with van der Waals surface area (Å²) in [6.45, 7) is 7.62. The maximum atomic E-state index is 12.7. The van der Waals surface area contributed by atoms with Crippen LogP contribution in [0.3, 0.4) is 0 Å². The predicted octanol–water partition coefficient (Wildman–Crippen LogP) is 0.515. The van der Waals surface area contributed by atoms with Crippen molar-refractivity contribution in [3.05, 3.63) is 12.2 Å². The van der Waals surface area contributed by atoms with Crippen LogP contribution in [0.4, 0.5) is 0 Å². The number of rotatable bonds is 15. The summed E-state index contributed by atoms with van der Waals surface area (Å²) in [4.78, 5) is 43.2. The number of carbonyl (C=O) groups is 3. The van der Waals surface area contributed by atoms with E-state index in [2.05, 4.69) is 22.0 Å². The first kappa shape index (κ1) is 34.3. The van der Waals surface area contributed by atoms with Gasteiger partial charge in [-0.25, -0.2) is 0 Å². The van der Waals surface area contributed by atoms with Gasteiger partial charge in [0.05, 0.1) is 52.2 Å². The third-order valence-corrected chi connectivity index (χ3v) is 7.06. The van der Waals surface area contributed by atoms with Crippen LogP contribution in [-0.2, 0) is 28.6 Å². The SMILES string of the molecule is CN1CCN(CC(=O)O)CCN(CC(=O)O)CCN(CC(=O)CCCOCCOC[C@H]2CC/C=C/CCO2)CC1. The van der Waals surface area contributed by atoms with E-state index in [0.29, 0.717) is 91.6 Å². The predicted molar refractivity (Wildman–Crippen MR) is 151 cm³/mol. The summed E-state index contributed by atoms with van der Waals surface area (Å²) in [5.74, 6) is -1.67. The molecule has 0 aromatic heterocycles. The Balaban J connectivity index is 1.68. The number of hydrogen-bond acceptors (Lipinski definition) is 10. The molecule has 40 heavy (non-hydrogen) atoms. The number of Topliss-reactive ketones (excluding diaryl/α,β-unsaturated/α-hetero) is 1. The van der Waals surface area contributed by atoms with Crippen molar-refractivity contribution in [3.8, 4) is 0 Å². The van der Waals surface area contributed by atoms with Gasteiger partial charge in [0.1, 0.15) is 5.78 Å². The highest BCUT2D eigenvalue weighted by molar-refractivity contribution is 5.80. The van der Waals surface area contributed by atoms with E-state index in [1.807, 2.05) is 16.8 Å². The lowest BCUT2D eigenvalue weighted by molar-refractivity contribution is -0.140. The number of ether oxygens (including phenoxy) is 3. The average Bonchev–Trinajstić information content (AvgIpc) is 2.88. The van der Waals surface area contributed by atoms with E-state index in [4.69, 9.17) is 14.2 Å². The van der Waals surface area contributed by atoms with E-state index >= 15 is 0 Å². The second-order valence-electron chi connectivity index (χ2n) is 10.6. The van der Waals surface area contributed by atoms with Crippen LogP contribution >= 0.6 is 0 Å². The van der Waals surface area contributed by atoms with Crippen molar-refractivity contribution in [1.29, 1.82) is 0 Å². The molecule has 2 aliphatic rings. The number of ketones is 1. The molecule has 12 nitrogen and oxygen atoms in total. The number of nitrogens with zero attached hydrogens (tertiary/aromatic N) is 4. The van der Waals surface area contributed by atoms with E-state index in [-0.39, 0.29) is 25.0 Å². The van der Waals surface area contributed by atoms with E-state index in [1.54, 1.807) is 0 Å². The fraction of sp³-hybridized carbons (Fsp3) is 0.821. The molecule has 0 aromatic carbocycles. The topological polar surface area (TPSA) is 132 Å². The minimum Gasteiger partial charge on any atom is -0.480 e. The lowest BCUT2D eigenvalue weighted by Gasteiger charge is -2.32. The fourth-order valence-corrected chi connectivity index (χ4v) is 4.66. The zero-order valence-corrected chi connectivity index (χ0v) is 24.2. The van der Waals surface area contributed by atoms with E-state index in [9.17, 15) is 24.6 Å². The summed E-state index contributed by atoms with van der Waals surface area (Å²) in [6, 6.07) is 0. The second-order valence-corrected chi connectivity index (χ2v) is 10.6. The van der Waals surface area contributed by atoms with Crippen LogP contribution in [0.25, 0.3) is 0 Å². The smallest absolute Gasteiger partial charge is 0.317 e. The first-order valence-corrected chi connectivity index (χ1v) is 14.5. The number of carboxylic acid groups (broad SMARTS) is 2. The van der Waals surface area contributed by atoms with Gasteiger partial charge in [0, 0.05) is 65.4 Å². The van der Waals surface area contributed by atoms with Crippen molar-refractivity contribution in [2.45, 2.75) is 38.2 Å². The van der Waals surface area contributed by atoms with Gasteiger partial charge in [-0.1, -0.05) is 12.2 Å². The van der Waals surface area contributed by atoms with Crippen LogP contribution in [0.15, 0.2) is 12.2 Å². The van der Waals surface area contributed by atoms with Crippen molar-refractivity contribution in [2.24, 2.45) is 0 Å². The Labute approximate surface area is 238 Å². The Morgan fingerprint density at radius 1 is 0.775 bits per heavy atom. The molecule has 0 unspecified atom stereocenters. The van der Waals surface area contributed by atoms with Crippen LogP contribution in [0.2, 0.25) is 0 Å². The van der Waals surface area contributed by atoms with Gasteiger partial charge in [0.15, 0.2) is 0 Å². The Morgan fingerprint density at radius 2 is 1.32 bits per heavy atom. The fourth-order valence-electron chi connectivity index (χ4n) is 4.66. The molecule has 0 saturated carbocycles. The van der Waals surface area contributed by atoms with Gasteiger partial charge in [-0.3, -0.25) is 29.1 Å². The summed E-state index contributed by atoms with van der Waals surface area (Å²) in [5, 5.41) is 18.5. The largest absolute Gasteiger partial charge is 0.480 e. The van der Waals surface area contributed by atoms with Crippen molar-refractivity contribution in [2.75, 3.05) is 112 Å². The monoisotopic (exact) mass is 570 g/mol. The van der Waals surface area contributed by atoms with Gasteiger partial charge in [0.25, 0.3) is 0 Å². The van der Waals surface area contributed by atoms with E-state index in [0.717, 1.165) is 32.4 Å². The molecule has 0 spiro atoms. The quantitative estimate of drug-likeness (QED) is 0.210. The van der Waals surface area contributed by atoms with Crippen molar-refractivity contribution in [1.82, 2.24) is 19.6 Å². The lowest BCUT2D eigenvalue weighted by atomic mass is 10.1. The zero-order chi connectivity index (χ0) is 29.0. The molecule has 0 amide bonds. The van der Waals surface area contributed by atoms with Crippen LogP contribution in [0, 0.1) is 0 Å². The Hall–Kier alpha value is -1.93. The van der Waals surface area contributed by atoms with Gasteiger partial charge in [0.2, 0.25) is 0 Å². The molecule has 0 radical (unpaired) electrons. The normalized spacial score (nSPS) is 22.5. The standard InChI is InChI=1S/C28H50N4O8/c1-29-9-11-30(13-14-32(23-28(36)37)16-15-31(12-10-29)22-27(34)35)21-25(33)7-6-17-38-19-20-39-24-26-8-4-2-3-5-18-40-26/h2-3,26H,4-24H2,1H3,(H,34,35)(H,36,37)/b3-2+/t26-/m1/s1. The lowest BCUT2D eigenvalue weighted by Crippen LogP contribution is -2.47. The van der Waals surface area contributed by atoms with Crippen LogP contribution in [-0.4, -0.2) is 166 Å². The summed E-state index contributed by atoms with van der Waals surface area (Å²) >= 11 is 0. The first-order chi connectivity index (χ1) is 19.3.